The molecule has 0 bridgehead atoms. The van der Waals surface area contributed by atoms with Crippen LogP contribution in [-0.4, -0.2) is 22.5 Å². The first-order valence-electron chi connectivity index (χ1n) is 9.47. The van der Waals surface area contributed by atoms with Crippen molar-refractivity contribution in [3.8, 4) is 27.7 Å². The molecule has 0 spiro atoms. The lowest BCUT2D eigenvalue weighted by Gasteiger charge is -2.30. The normalized spacial score (nSPS) is 13.1. The molecule has 1 amide bonds. The second kappa shape index (κ2) is 8.09. The van der Waals surface area contributed by atoms with Crippen LogP contribution in [0.4, 0.5) is 10.1 Å². The average Bonchev–Trinajstić information content (AvgIpc) is 3.28. The lowest BCUT2D eigenvalue weighted by molar-refractivity contribution is -0.121. The lowest BCUT2D eigenvalue weighted by Crippen LogP contribution is -2.38. The van der Waals surface area contributed by atoms with Gasteiger partial charge in [0.1, 0.15) is 16.6 Å². The fourth-order valence-corrected chi connectivity index (χ4v) is 4.42. The van der Waals surface area contributed by atoms with Gasteiger partial charge in [0.15, 0.2) is 6.61 Å². The highest BCUT2D eigenvalue weighted by Gasteiger charge is 2.28. The summed E-state index contributed by atoms with van der Waals surface area (Å²) in [5.74, 6) is -0.170. The van der Waals surface area contributed by atoms with Gasteiger partial charge in [-0.1, -0.05) is 23.7 Å². The molecular weight excluding hydrogens is 437 g/mol. The third-order valence-electron chi connectivity index (χ3n) is 4.96. The highest BCUT2D eigenvalue weighted by Crippen LogP contribution is 2.38. The van der Waals surface area contributed by atoms with Gasteiger partial charge in [0.25, 0.3) is 5.91 Å². The van der Waals surface area contributed by atoms with Crippen molar-refractivity contribution in [1.82, 2.24) is 9.97 Å². The summed E-state index contributed by atoms with van der Waals surface area (Å²) in [6, 6.07) is 15.7. The number of halogens is 2. The number of thiazole rings is 1. The first-order chi connectivity index (χ1) is 15.1. The average molecular weight is 452 g/mol. The van der Waals surface area contributed by atoms with Gasteiger partial charge in [0, 0.05) is 27.7 Å². The van der Waals surface area contributed by atoms with E-state index in [1.807, 2.05) is 35.7 Å². The van der Waals surface area contributed by atoms with Crippen LogP contribution in [0.15, 0.2) is 66.2 Å². The minimum atomic E-state index is -0.455. The number of aromatic nitrogens is 2. The first kappa shape index (κ1) is 19.7. The van der Waals surface area contributed by atoms with E-state index in [0.717, 1.165) is 22.0 Å². The minimum absolute atomic E-state index is 0.0143. The van der Waals surface area contributed by atoms with Crippen molar-refractivity contribution in [2.75, 3.05) is 11.5 Å². The number of carbonyl (C=O) groups is 1. The second-order valence-corrected chi connectivity index (χ2v) is 8.17. The lowest BCUT2D eigenvalue weighted by atomic mass is 10.1. The van der Waals surface area contributed by atoms with Crippen LogP contribution in [0.1, 0.15) is 5.56 Å². The molecule has 3 heterocycles. The summed E-state index contributed by atoms with van der Waals surface area (Å²) in [5, 5.41) is 3.02. The number of anilines is 1. The number of fused-ring (bicyclic) bond motifs is 1. The Morgan fingerprint density at radius 3 is 2.84 bits per heavy atom. The predicted molar refractivity (Wildman–Crippen MR) is 119 cm³/mol. The monoisotopic (exact) mass is 451 g/mol. The van der Waals surface area contributed by atoms with Gasteiger partial charge in [0.05, 0.1) is 23.6 Å². The van der Waals surface area contributed by atoms with E-state index >= 15 is 0 Å². The molecule has 4 aromatic rings. The van der Waals surface area contributed by atoms with E-state index < -0.39 is 5.82 Å². The zero-order valence-corrected chi connectivity index (χ0v) is 17.7. The molecule has 2 aromatic heterocycles. The van der Waals surface area contributed by atoms with Crippen molar-refractivity contribution in [2.24, 2.45) is 0 Å². The maximum absolute atomic E-state index is 14.3. The largest absolute Gasteiger partial charge is 0.482 e. The number of amides is 1. The van der Waals surface area contributed by atoms with Gasteiger partial charge in [0.2, 0.25) is 0 Å². The number of ether oxygens (including phenoxy) is 1. The van der Waals surface area contributed by atoms with Crippen LogP contribution in [0.25, 0.3) is 22.0 Å². The molecule has 154 valence electrons. The number of hydrogen-bond donors (Lipinski definition) is 0. The zero-order chi connectivity index (χ0) is 21.4. The summed E-state index contributed by atoms with van der Waals surface area (Å²) in [5.41, 5.74) is 3.20. The number of carbonyl (C=O) groups excluding carboxylic acids is 1. The Hall–Kier alpha value is -3.29. The van der Waals surface area contributed by atoms with E-state index in [9.17, 15) is 9.18 Å². The van der Waals surface area contributed by atoms with E-state index in [0.29, 0.717) is 11.4 Å². The Kier molecular flexibility index (Phi) is 5.13. The van der Waals surface area contributed by atoms with Gasteiger partial charge >= 0.3 is 0 Å². The van der Waals surface area contributed by atoms with Gasteiger partial charge in [-0.25, -0.2) is 9.37 Å². The van der Waals surface area contributed by atoms with E-state index in [4.69, 9.17) is 16.3 Å². The van der Waals surface area contributed by atoms with Crippen molar-refractivity contribution < 1.29 is 13.9 Å². The predicted octanol–water partition coefficient (Wildman–Crippen LogP) is 5.59. The standard InChI is InChI=1S/C23H15ClFN3O2S/c24-16-4-3-5-17(25)15(16)11-28-20-10-14(7-8-21(20)30-12-22(28)29)19-13-31-23(27-19)18-6-1-2-9-26-18/h1-10,13H,11-12H2. The molecular formula is C23H15ClFN3O2S. The molecule has 0 unspecified atom stereocenters. The maximum Gasteiger partial charge on any atom is 0.265 e. The van der Waals surface area contributed by atoms with Crippen molar-refractivity contribution in [3.63, 3.8) is 0 Å². The van der Waals surface area contributed by atoms with Crippen LogP contribution >= 0.6 is 22.9 Å². The maximum atomic E-state index is 14.3. The Morgan fingerprint density at radius 2 is 2.03 bits per heavy atom. The molecule has 2 aromatic carbocycles. The molecule has 1 aliphatic heterocycles. The third kappa shape index (κ3) is 3.78. The van der Waals surface area contributed by atoms with E-state index in [1.165, 1.54) is 28.4 Å². The Bertz CT molecular complexity index is 1260. The van der Waals surface area contributed by atoms with Crippen LogP contribution in [0.3, 0.4) is 0 Å². The molecule has 5 rings (SSSR count). The van der Waals surface area contributed by atoms with Gasteiger partial charge in [-0.2, -0.15) is 0 Å². The van der Waals surface area contributed by atoms with Crippen LogP contribution in [-0.2, 0) is 11.3 Å². The quantitative estimate of drug-likeness (QED) is 0.406. The van der Waals surface area contributed by atoms with Crippen molar-refractivity contribution in [2.45, 2.75) is 6.54 Å². The second-order valence-electron chi connectivity index (χ2n) is 6.90. The summed E-state index contributed by atoms with van der Waals surface area (Å²) in [4.78, 5) is 23.2. The number of rotatable bonds is 4. The zero-order valence-electron chi connectivity index (χ0n) is 16.1. The van der Waals surface area contributed by atoms with Crippen molar-refractivity contribution in [1.29, 1.82) is 0 Å². The van der Waals surface area contributed by atoms with Crippen molar-refractivity contribution >= 4 is 34.5 Å². The van der Waals surface area contributed by atoms with Crippen LogP contribution < -0.4 is 9.64 Å². The smallest absolute Gasteiger partial charge is 0.265 e. The Balaban J connectivity index is 1.52. The number of benzene rings is 2. The van der Waals surface area contributed by atoms with E-state index in [-0.39, 0.29) is 29.6 Å². The number of pyridine rings is 1. The highest BCUT2D eigenvalue weighted by atomic mass is 35.5. The van der Waals surface area contributed by atoms with Gasteiger partial charge in [-0.3, -0.25) is 9.78 Å². The summed E-state index contributed by atoms with van der Waals surface area (Å²) < 4.78 is 19.9. The number of nitrogens with zero attached hydrogens (tertiary/aromatic N) is 3. The summed E-state index contributed by atoms with van der Waals surface area (Å²) in [6.07, 6.45) is 1.73. The van der Waals surface area contributed by atoms with Crippen LogP contribution in [0.2, 0.25) is 5.02 Å². The molecule has 8 heteroatoms. The van der Waals surface area contributed by atoms with Gasteiger partial charge in [-0.15, -0.1) is 11.3 Å². The van der Waals surface area contributed by atoms with Crippen LogP contribution in [0.5, 0.6) is 5.75 Å². The fraction of sp³-hybridized carbons (Fsp3) is 0.0870. The summed E-state index contributed by atoms with van der Waals surface area (Å²) in [7, 11) is 0. The Labute approximate surface area is 186 Å². The highest BCUT2D eigenvalue weighted by molar-refractivity contribution is 7.13. The summed E-state index contributed by atoms with van der Waals surface area (Å²) in [6.45, 7) is -0.0979. The molecule has 0 radical (unpaired) electrons. The first-order valence-corrected chi connectivity index (χ1v) is 10.7. The molecule has 0 atom stereocenters. The van der Waals surface area contributed by atoms with Crippen LogP contribution in [0, 0.1) is 5.82 Å². The van der Waals surface area contributed by atoms with E-state index in [2.05, 4.69) is 9.97 Å². The molecule has 1 aliphatic rings. The summed E-state index contributed by atoms with van der Waals surface area (Å²) >= 11 is 7.68. The molecule has 0 N–H and O–H groups in total. The topological polar surface area (TPSA) is 55.3 Å². The van der Waals surface area contributed by atoms with Crippen molar-refractivity contribution in [3.05, 3.63) is 82.6 Å². The molecule has 0 saturated carbocycles. The molecule has 0 aliphatic carbocycles. The third-order valence-corrected chi connectivity index (χ3v) is 6.18. The minimum Gasteiger partial charge on any atom is -0.482 e. The number of hydrogen-bond acceptors (Lipinski definition) is 5. The fourth-order valence-electron chi connectivity index (χ4n) is 3.39. The van der Waals surface area contributed by atoms with E-state index in [1.54, 1.807) is 18.3 Å². The SMILES string of the molecule is O=C1COc2ccc(-c3csc(-c4ccccn4)n3)cc2N1Cc1c(F)cccc1Cl. The Morgan fingerprint density at radius 1 is 1.13 bits per heavy atom. The molecule has 31 heavy (non-hydrogen) atoms. The van der Waals surface area contributed by atoms with Gasteiger partial charge in [-0.05, 0) is 42.5 Å². The molecule has 5 nitrogen and oxygen atoms in total. The molecule has 0 fully saturated rings. The van der Waals surface area contributed by atoms with Gasteiger partial charge < -0.3 is 9.64 Å². The molecule has 0 saturated heterocycles.